The first-order chi connectivity index (χ1) is 15.6. The summed E-state index contributed by atoms with van der Waals surface area (Å²) in [7, 11) is 1.61. The standard InChI is InChI=1S/C24H23N3O3S2/c1-3-27-23(29)22-21(18(14-31-22)16-9-5-4-6-10-16)26-24(27)32-15-20(28)25-13-17-11-7-8-12-19(17)30-2/h4-12,14H,3,13,15H2,1-2H3,(H,25,28). The Morgan fingerprint density at radius 1 is 1.16 bits per heavy atom. The Morgan fingerprint density at radius 3 is 2.66 bits per heavy atom. The Morgan fingerprint density at radius 2 is 1.91 bits per heavy atom. The molecule has 1 amide bonds. The van der Waals surface area contributed by atoms with Crippen LogP contribution in [0.1, 0.15) is 12.5 Å². The van der Waals surface area contributed by atoms with Crippen LogP contribution in [0.4, 0.5) is 0 Å². The van der Waals surface area contributed by atoms with Crippen molar-refractivity contribution in [2.75, 3.05) is 12.9 Å². The zero-order valence-corrected chi connectivity index (χ0v) is 19.5. The smallest absolute Gasteiger partial charge is 0.272 e. The molecule has 1 N–H and O–H groups in total. The number of aromatic nitrogens is 2. The van der Waals surface area contributed by atoms with Gasteiger partial charge >= 0.3 is 0 Å². The van der Waals surface area contributed by atoms with Gasteiger partial charge in [-0.25, -0.2) is 4.98 Å². The van der Waals surface area contributed by atoms with E-state index in [9.17, 15) is 9.59 Å². The Bertz CT molecular complexity index is 1300. The van der Waals surface area contributed by atoms with Gasteiger partial charge in [0.25, 0.3) is 5.56 Å². The third kappa shape index (κ3) is 4.56. The first-order valence-corrected chi connectivity index (χ1v) is 12.1. The number of rotatable bonds is 8. The van der Waals surface area contributed by atoms with Crippen LogP contribution in [0.2, 0.25) is 0 Å². The van der Waals surface area contributed by atoms with Gasteiger partial charge in [0.1, 0.15) is 10.4 Å². The van der Waals surface area contributed by atoms with Gasteiger partial charge in [0, 0.05) is 29.6 Å². The minimum Gasteiger partial charge on any atom is -0.496 e. The molecule has 6 nitrogen and oxygen atoms in total. The Kier molecular flexibility index (Phi) is 6.92. The summed E-state index contributed by atoms with van der Waals surface area (Å²) < 4.78 is 7.59. The van der Waals surface area contributed by atoms with E-state index >= 15 is 0 Å². The number of carbonyl (C=O) groups excluding carboxylic acids is 1. The highest BCUT2D eigenvalue weighted by Crippen LogP contribution is 2.32. The van der Waals surface area contributed by atoms with E-state index in [4.69, 9.17) is 9.72 Å². The average molecular weight is 466 g/mol. The van der Waals surface area contributed by atoms with E-state index in [-0.39, 0.29) is 17.2 Å². The van der Waals surface area contributed by atoms with Crippen molar-refractivity contribution in [1.29, 1.82) is 0 Å². The molecular weight excluding hydrogens is 442 g/mol. The number of nitrogens with zero attached hydrogens (tertiary/aromatic N) is 2. The van der Waals surface area contributed by atoms with Crippen molar-refractivity contribution in [3.05, 3.63) is 75.9 Å². The first kappa shape index (κ1) is 22.1. The second-order valence-corrected chi connectivity index (χ2v) is 8.84. The van der Waals surface area contributed by atoms with Crippen LogP contribution < -0.4 is 15.6 Å². The van der Waals surface area contributed by atoms with Crippen molar-refractivity contribution >= 4 is 39.2 Å². The van der Waals surface area contributed by atoms with E-state index in [1.165, 1.54) is 23.1 Å². The molecule has 4 aromatic rings. The molecule has 0 atom stereocenters. The molecule has 2 heterocycles. The summed E-state index contributed by atoms with van der Waals surface area (Å²) in [4.78, 5) is 30.3. The third-order valence-corrected chi connectivity index (χ3v) is 6.98. The van der Waals surface area contributed by atoms with Crippen LogP contribution in [0, 0.1) is 0 Å². The van der Waals surface area contributed by atoms with E-state index in [0.29, 0.717) is 28.5 Å². The van der Waals surface area contributed by atoms with Crippen LogP contribution >= 0.6 is 23.1 Å². The summed E-state index contributed by atoms with van der Waals surface area (Å²) in [6.07, 6.45) is 0. The van der Waals surface area contributed by atoms with Crippen LogP contribution in [0.15, 0.2) is 69.9 Å². The van der Waals surface area contributed by atoms with Crippen molar-refractivity contribution in [3.63, 3.8) is 0 Å². The van der Waals surface area contributed by atoms with Gasteiger partial charge in [0.15, 0.2) is 5.16 Å². The van der Waals surface area contributed by atoms with Crippen molar-refractivity contribution in [3.8, 4) is 16.9 Å². The number of methoxy groups -OCH3 is 1. The van der Waals surface area contributed by atoms with Crippen molar-refractivity contribution in [2.45, 2.75) is 25.2 Å². The van der Waals surface area contributed by atoms with E-state index < -0.39 is 0 Å². The molecular formula is C24H23N3O3S2. The van der Waals surface area contributed by atoms with Gasteiger partial charge in [0.2, 0.25) is 5.91 Å². The molecule has 164 valence electrons. The molecule has 8 heteroatoms. The van der Waals surface area contributed by atoms with Gasteiger partial charge in [0.05, 0.1) is 18.4 Å². The topological polar surface area (TPSA) is 73.2 Å². The molecule has 0 saturated heterocycles. The number of benzene rings is 2. The van der Waals surface area contributed by atoms with E-state index in [2.05, 4.69) is 5.32 Å². The lowest BCUT2D eigenvalue weighted by molar-refractivity contribution is -0.118. The van der Waals surface area contributed by atoms with Crippen molar-refractivity contribution in [1.82, 2.24) is 14.9 Å². The predicted molar refractivity (Wildman–Crippen MR) is 131 cm³/mol. The van der Waals surface area contributed by atoms with Crippen LogP contribution in [-0.2, 0) is 17.9 Å². The number of hydrogen-bond donors (Lipinski definition) is 1. The second kappa shape index (κ2) is 10.0. The Hall–Kier alpha value is -3.10. The third-order valence-electron chi connectivity index (χ3n) is 5.04. The Balaban J connectivity index is 1.54. The molecule has 0 spiro atoms. The summed E-state index contributed by atoms with van der Waals surface area (Å²) in [5.41, 5.74) is 3.48. The average Bonchev–Trinajstić information content (AvgIpc) is 3.26. The number of thiophene rings is 1. The maximum absolute atomic E-state index is 13.1. The van der Waals surface area contributed by atoms with Crippen molar-refractivity contribution in [2.24, 2.45) is 0 Å². The molecule has 0 aliphatic carbocycles. The number of hydrogen-bond acceptors (Lipinski definition) is 6. The summed E-state index contributed by atoms with van der Waals surface area (Å²) >= 11 is 2.69. The summed E-state index contributed by atoms with van der Waals surface area (Å²) in [6, 6.07) is 17.5. The number of para-hydroxylation sites is 1. The van der Waals surface area contributed by atoms with Crippen LogP contribution in [-0.4, -0.2) is 28.3 Å². The van der Waals surface area contributed by atoms with Gasteiger partial charge in [-0.05, 0) is 18.6 Å². The molecule has 2 aromatic carbocycles. The molecule has 0 fully saturated rings. The zero-order chi connectivity index (χ0) is 22.5. The largest absolute Gasteiger partial charge is 0.496 e. The number of thioether (sulfide) groups is 1. The number of nitrogens with one attached hydrogen (secondary N) is 1. The first-order valence-electron chi connectivity index (χ1n) is 10.2. The molecule has 0 aliphatic heterocycles. The van der Waals surface area contributed by atoms with Gasteiger partial charge in [-0.15, -0.1) is 11.3 Å². The highest BCUT2D eigenvalue weighted by molar-refractivity contribution is 7.99. The highest BCUT2D eigenvalue weighted by Gasteiger charge is 2.17. The molecule has 0 unspecified atom stereocenters. The maximum atomic E-state index is 13.1. The molecule has 32 heavy (non-hydrogen) atoms. The van der Waals surface area contributed by atoms with Crippen LogP contribution in [0.5, 0.6) is 5.75 Å². The summed E-state index contributed by atoms with van der Waals surface area (Å²) in [6.45, 7) is 2.77. The lowest BCUT2D eigenvalue weighted by Gasteiger charge is -2.11. The fourth-order valence-electron chi connectivity index (χ4n) is 3.42. The van der Waals surface area contributed by atoms with E-state index in [1.54, 1.807) is 11.7 Å². The zero-order valence-electron chi connectivity index (χ0n) is 17.8. The highest BCUT2D eigenvalue weighted by atomic mass is 32.2. The molecule has 4 rings (SSSR count). The molecule has 0 aliphatic rings. The van der Waals surface area contributed by atoms with Crippen molar-refractivity contribution < 1.29 is 9.53 Å². The summed E-state index contributed by atoms with van der Waals surface area (Å²) in [5.74, 6) is 0.766. The maximum Gasteiger partial charge on any atom is 0.272 e. The molecule has 0 radical (unpaired) electrons. The minimum absolute atomic E-state index is 0.0680. The summed E-state index contributed by atoms with van der Waals surface area (Å²) in [5, 5.41) is 5.44. The SMILES string of the molecule is CCn1c(SCC(=O)NCc2ccccc2OC)nc2c(-c3ccccc3)csc2c1=O. The lowest BCUT2D eigenvalue weighted by Crippen LogP contribution is -2.26. The van der Waals surface area contributed by atoms with Crippen LogP contribution in [0.25, 0.3) is 21.3 Å². The second-order valence-electron chi connectivity index (χ2n) is 7.01. The fraction of sp³-hybridized carbons (Fsp3) is 0.208. The lowest BCUT2D eigenvalue weighted by atomic mass is 10.1. The Labute approximate surface area is 194 Å². The van der Waals surface area contributed by atoms with Gasteiger partial charge < -0.3 is 10.1 Å². The minimum atomic E-state index is -0.133. The quantitative estimate of drug-likeness (QED) is 0.305. The van der Waals surface area contributed by atoms with Gasteiger partial charge in [-0.3, -0.25) is 14.2 Å². The van der Waals surface area contributed by atoms with Gasteiger partial charge in [-0.1, -0.05) is 60.3 Å². The molecule has 0 saturated carbocycles. The monoisotopic (exact) mass is 465 g/mol. The number of amides is 1. The number of ether oxygens (including phenoxy) is 1. The molecule has 0 bridgehead atoms. The molecule has 2 aromatic heterocycles. The van der Waals surface area contributed by atoms with Gasteiger partial charge in [-0.2, -0.15) is 0 Å². The number of carbonyl (C=O) groups is 1. The van der Waals surface area contributed by atoms with E-state index in [1.807, 2.05) is 66.9 Å². The predicted octanol–water partition coefficient (Wildman–Crippen LogP) is 4.56. The fourth-order valence-corrected chi connectivity index (χ4v) is 5.26. The van der Waals surface area contributed by atoms with E-state index in [0.717, 1.165) is 22.4 Å². The number of fused-ring (bicyclic) bond motifs is 1. The van der Waals surface area contributed by atoms with Crippen LogP contribution in [0.3, 0.4) is 0 Å². The normalized spacial score (nSPS) is 10.9.